The molecule has 0 atom stereocenters. The normalized spacial score (nSPS) is 10.7. The quantitative estimate of drug-likeness (QED) is 0.682. The van der Waals surface area contributed by atoms with Gasteiger partial charge >= 0.3 is 7.12 Å². The third kappa shape index (κ3) is 2.24. The van der Waals surface area contributed by atoms with Crippen LogP contribution in [-0.4, -0.2) is 17.2 Å². The summed E-state index contributed by atoms with van der Waals surface area (Å²) in [6.45, 7) is 0. The van der Waals surface area contributed by atoms with Crippen molar-refractivity contribution in [1.82, 2.24) is 0 Å². The Morgan fingerprint density at radius 3 is 2.35 bits per heavy atom. The molecule has 98 valence electrons. The van der Waals surface area contributed by atoms with Crippen LogP contribution in [0.1, 0.15) is 0 Å². The van der Waals surface area contributed by atoms with Crippen LogP contribution in [0.3, 0.4) is 0 Å². The fourth-order valence-corrected chi connectivity index (χ4v) is 2.07. The molecule has 0 saturated heterocycles. The molecule has 3 aromatic rings. The molecule has 2 N–H and O–H groups in total. The van der Waals surface area contributed by atoms with E-state index < -0.39 is 7.12 Å². The average Bonchev–Trinajstić information content (AvgIpc) is 2.47. The molecule has 0 saturated carbocycles. The maximum Gasteiger partial charge on any atom is 0.488 e. The Kier molecular flexibility index (Phi) is 3.14. The Hall–Kier alpha value is -2.37. The van der Waals surface area contributed by atoms with E-state index in [4.69, 9.17) is 14.5 Å². The van der Waals surface area contributed by atoms with Crippen LogP contribution in [0, 0.1) is 0 Å². The molecule has 0 aliphatic heterocycles. The zero-order chi connectivity index (χ0) is 14.1. The summed E-state index contributed by atoms with van der Waals surface area (Å²) < 4.78 is 5.70. The first-order valence-electron chi connectivity index (χ1n) is 6.14. The lowest BCUT2D eigenvalue weighted by Crippen LogP contribution is -2.29. The Morgan fingerprint density at radius 1 is 0.950 bits per heavy atom. The van der Waals surface area contributed by atoms with Crippen molar-refractivity contribution < 1.29 is 14.5 Å². The highest BCUT2D eigenvalue weighted by atomic mass is 16.4. The van der Waals surface area contributed by atoms with Crippen LogP contribution in [0.4, 0.5) is 0 Å². The maximum atomic E-state index is 12.0. The number of para-hydroxylation sites is 1. The fourth-order valence-electron chi connectivity index (χ4n) is 2.07. The van der Waals surface area contributed by atoms with Crippen molar-refractivity contribution in [2.24, 2.45) is 0 Å². The van der Waals surface area contributed by atoms with Gasteiger partial charge in [0.1, 0.15) is 11.3 Å². The summed E-state index contributed by atoms with van der Waals surface area (Å²) in [7, 11) is -1.51. The summed E-state index contributed by atoms with van der Waals surface area (Å²) in [5.74, 6) is 0.452. The van der Waals surface area contributed by atoms with Gasteiger partial charge in [0.05, 0.1) is 5.39 Å². The van der Waals surface area contributed by atoms with E-state index in [0.717, 1.165) is 0 Å². The predicted octanol–water partition coefficient (Wildman–Crippen LogP) is 1.14. The lowest BCUT2D eigenvalue weighted by Gasteiger charge is -2.04. The van der Waals surface area contributed by atoms with Crippen LogP contribution < -0.4 is 10.9 Å². The summed E-state index contributed by atoms with van der Waals surface area (Å²) in [5.41, 5.74) is 1.52. The van der Waals surface area contributed by atoms with Gasteiger partial charge in [-0.25, -0.2) is 0 Å². The number of fused-ring (bicyclic) bond motifs is 1. The van der Waals surface area contributed by atoms with E-state index >= 15 is 0 Å². The predicted molar refractivity (Wildman–Crippen MR) is 77.7 cm³/mol. The van der Waals surface area contributed by atoms with Gasteiger partial charge in [0.25, 0.3) is 0 Å². The standard InChI is InChI=1S/C15H11BO4/c17-13-9-15(20-14-4-2-1-3-12(13)14)10-5-7-11(8-6-10)16(18)19/h1-9,18-19H. The van der Waals surface area contributed by atoms with E-state index in [0.29, 0.717) is 27.8 Å². The molecule has 2 aromatic carbocycles. The minimum absolute atomic E-state index is 0.104. The fraction of sp³-hybridized carbons (Fsp3) is 0. The van der Waals surface area contributed by atoms with Gasteiger partial charge in [-0.2, -0.15) is 0 Å². The molecule has 1 aromatic heterocycles. The van der Waals surface area contributed by atoms with Gasteiger partial charge in [-0.05, 0) is 17.6 Å². The highest BCUT2D eigenvalue weighted by Gasteiger charge is 2.11. The summed E-state index contributed by atoms with van der Waals surface area (Å²) >= 11 is 0. The van der Waals surface area contributed by atoms with Gasteiger partial charge in [0.15, 0.2) is 5.43 Å². The summed E-state index contributed by atoms with van der Waals surface area (Å²) in [4.78, 5) is 12.0. The lowest BCUT2D eigenvalue weighted by molar-refractivity contribution is 0.426. The Labute approximate surface area is 115 Å². The molecule has 5 heteroatoms. The van der Waals surface area contributed by atoms with Crippen LogP contribution in [-0.2, 0) is 0 Å². The SMILES string of the molecule is O=c1cc(-c2ccc(B(O)O)cc2)oc2ccccc12. The number of benzene rings is 2. The monoisotopic (exact) mass is 266 g/mol. The van der Waals surface area contributed by atoms with E-state index in [1.807, 2.05) is 0 Å². The molecule has 0 radical (unpaired) electrons. The van der Waals surface area contributed by atoms with Crippen molar-refractivity contribution in [3.63, 3.8) is 0 Å². The third-order valence-electron chi connectivity index (χ3n) is 3.13. The first kappa shape index (κ1) is 12.7. The van der Waals surface area contributed by atoms with E-state index in [9.17, 15) is 4.79 Å². The Balaban J connectivity index is 2.12. The third-order valence-corrected chi connectivity index (χ3v) is 3.13. The molecular formula is C15H11BO4. The summed E-state index contributed by atoms with van der Waals surface area (Å²) in [5, 5.41) is 18.6. The molecule has 0 amide bonds. The largest absolute Gasteiger partial charge is 0.488 e. The van der Waals surface area contributed by atoms with Crippen molar-refractivity contribution in [1.29, 1.82) is 0 Å². The van der Waals surface area contributed by atoms with Gasteiger partial charge in [-0.3, -0.25) is 4.79 Å². The molecule has 0 bridgehead atoms. The van der Waals surface area contributed by atoms with Crippen molar-refractivity contribution >= 4 is 23.6 Å². The molecule has 0 fully saturated rings. The van der Waals surface area contributed by atoms with Crippen LogP contribution >= 0.6 is 0 Å². The van der Waals surface area contributed by atoms with Gasteiger partial charge in [-0.15, -0.1) is 0 Å². The molecule has 0 aliphatic carbocycles. The topological polar surface area (TPSA) is 70.7 Å². The second-order valence-corrected chi connectivity index (χ2v) is 4.47. The number of rotatable bonds is 2. The van der Waals surface area contributed by atoms with Crippen molar-refractivity contribution in [2.45, 2.75) is 0 Å². The summed E-state index contributed by atoms with van der Waals surface area (Å²) in [6, 6.07) is 15.0. The smallest absolute Gasteiger partial charge is 0.456 e. The maximum absolute atomic E-state index is 12.0. The molecule has 4 nitrogen and oxygen atoms in total. The molecular weight excluding hydrogens is 255 g/mol. The van der Waals surface area contributed by atoms with Crippen LogP contribution in [0.5, 0.6) is 0 Å². The van der Waals surface area contributed by atoms with Crippen LogP contribution in [0.2, 0.25) is 0 Å². The van der Waals surface area contributed by atoms with Gasteiger partial charge < -0.3 is 14.5 Å². The van der Waals surface area contributed by atoms with E-state index in [1.165, 1.54) is 6.07 Å². The number of hydrogen-bond acceptors (Lipinski definition) is 4. The van der Waals surface area contributed by atoms with E-state index in [2.05, 4.69) is 0 Å². The minimum atomic E-state index is -1.51. The molecule has 0 aliphatic rings. The first-order chi connectivity index (χ1) is 9.65. The van der Waals surface area contributed by atoms with E-state index in [1.54, 1.807) is 48.5 Å². The molecule has 1 heterocycles. The van der Waals surface area contributed by atoms with Gasteiger partial charge in [0.2, 0.25) is 0 Å². The van der Waals surface area contributed by atoms with Gasteiger partial charge in [-0.1, -0.05) is 36.4 Å². The van der Waals surface area contributed by atoms with Crippen molar-refractivity contribution in [3.05, 3.63) is 64.8 Å². The Bertz CT molecular complexity index is 806. The van der Waals surface area contributed by atoms with Crippen LogP contribution in [0.25, 0.3) is 22.3 Å². The lowest BCUT2D eigenvalue weighted by atomic mass is 9.80. The van der Waals surface area contributed by atoms with Gasteiger partial charge in [0, 0.05) is 11.6 Å². The minimum Gasteiger partial charge on any atom is -0.456 e. The molecule has 0 spiro atoms. The second kappa shape index (κ2) is 4.96. The van der Waals surface area contributed by atoms with Crippen molar-refractivity contribution in [3.8, 4) is 11.3 Å². The van der Waals surface area contributed by atoms with Crippen LogP contribution in [0.15, 0.2) is 63.8 Å². The van der Waals surface area contributed by atoms with E-state index in [-0.39, 0.29) is 5.43 Å². The Morgan fingerprint density at radius 2 is 1.65 bits per heavy atom. The second-order valence-electron chi connectivity index (χ2n) is 4.47. The highest BCUT2D eigenvalue weighted by Crippen LogP contribution is 2.21. The highest BCUT2D eigenvalue weighted by molar-refractivity contribution is 6.58. The zero-order valence-corrected chi connectivity index (χ0v) is 10.5. The number of hydrogen-bond donors (Lipinski definition) is 2. The molecule has 0 unspecified atom stereocenters. The first-order valence-corrected chi connectivity index (χ1v) is 6.14. The van der Waals surface area contributed by atoms with Crippen molar-refractivity contribution in [2.75, 3.05) is 0 Å². The molecule has 3 rings (SSSR count). The average molecular weight is 266 g/mol. The summed E-state index contributed by atoms with van der Waals surface area (Å²) in [6.07, 6.45) is 0. The molecule has 20 heavy (non-hydrogen) atoms. The zero-order valence-electron chi connectivity index (χ0n) is 10.5.